The van der Waals surface area contributed by atoms with Gasteiger partial charge in [-0.1, -0.05) is 36.9 Å². The largest absolute Gasteiger partial charge is 0.325 e. The standard InChI is InChI=1S/C17H25N3O/c1-3-19(14-18-2)17(21)20-11-9-16(10-12-20)13-15-7-5-4-6-8-15/h3-8,16,18H,1,9-14H2,2H3. The van der Waals surface area contributed by atoms with E-state index >= 15 is 0 Å². The van der Waals surface area contributed by atoms with Gasteiger partial charge in [-0.2, -0.15) is 0 Å². The Labute approximate surface area is 127 Å². The minimum absolute atomic E-state index is 0.0533. The van der Waals surface area contributed by atoms with Crippen molar-refractivity contribution in [1.82, 2.24) is 15.1 Å². The van der Waals surface area contributed by atoms with Crippen LogP contribution in [0.3, 0.4) is 0 Å². The molecule has 0 atom stereocenters. The molecule has 0 spiro atoms. The van der Waals surface area contributed by atoms with Gasteiger partial charge in [0.15, 0.2) is 0 Å². The van der Waals surface area contributed by atoms with Crippen LogP contribution >= 0.6 is 0 Å². The molecule has 0 aromatic heterocycles. The zero-order chi connectivity index (χ0) is 15.1. The van der Waals surface area contributed by atoms with Crippen LogP contribution in [0.5, 0.6) is 0 Å². The molecule has 1 N–H and O–H groups in total. The van der Waals surface area contributed by atoms with Crippen molar-refractivity contribution in [2.45, 2.75) is 19.3 Å². The molecular weight excluding hydrogens is 262 g/mol. The van der Waals surface area contributed by atoms with E-state index < -0.39 is 0 Å². The number of amides is 2. The van der Waals surface area contributed by atoms with Crippen molar-refractivity contribution in [3.63, 3.8) is 0 Å². The zero-order valence-electron chi connectivity index (χ0n) is 12.8. The summed E-state index contributed by atoms with van der Waals surface area (Å²) in [5, 5.41) is 2.99. The van der Waals surface area contributed by atoms with Crippen molar-refractivity contribution < 1.29 is 4.79 Å². The molecule has 0 aliphatic carbocycles. The third-order valence-electron chi connectivity index (χ3n) is 4.05. The topological polar surface area (TPSA) is 35.6 Å². The van der Waals surface area contributed by atoms with Gasteiger partial charge in [0.25, 0.3) is 0 Å². The van der Waals surface area contributed by atoms with Gasteiger partial charge in [0.1, 0.15) is 0 Å². The van der Waals surface area contributed by atoms with Crippen molar-refractivity contribution >= 4 is 6.03 Å². The van der Waals surface area contributed by atoms with E-state index in [1.807, 2.05) is 11.9 Å². The first-order valence-electron chi connectivity index (χ1n) is 7.61. The summed E-state index contributed by atoms with van der Waals surface area (Å²) in [6, 6.07) is 10.7. The molecule has 1 aliphatic rings. The first-order chi connectivity index (χ1) is 10.2. The second-order valence-electron chi connectivity index (χ2n) is 5.57. The number of carbonyl (C=O) groups excluding carboxylic acids is 1. The van der Waals surface area contributed by atoms with E-state index in [0.29, 0.717) is 12.6 Å². The molecule has 0 unspecified atom stereocenters. The number of urea groups is 1. The fraction of sp³-hybridized carbons (Fsp3) is 0.471. The van der Waals surface area contributed by atoms with Crippen LogP contribution in [0.4, 0.5) is 4.79 Å². The summed E-state index contributed by atoms with van der Waals surface area (Å²) in [6.45, 7) is 5.89. The number of nitrogens with zero attached hydrogens (tertiary/aromatic N) is 2. The smallest absolute Gasteiger partial charge is 0.324 e. The molecule has 4 nitrogen and oxygen atoms in total. The van der Waals surface area contributed by atoms with Crippen molar-refractivity contribution in [3.05, 3.63) is 48.7 Å². The molecule has 1 fully saturated rings. The number of hydrogen-bond acceptors (Lipinski definition) is 2. The van der Waals surface area contributed by atoms with Gasteiger partial charge < -0.3 is 10.2 Å². The van der Waals surface area contributed by atoms with Crippen LogP contribution < -0.4 is 5.32 Å². The summed E-state index contributed by atoms with van der Waals surface area (Å²) in [6.07, 6.45) is 4.86. The fourth-order valence-electron chi connectivity index (χ4n) is 2.84. The second kappa shape index (κ2) is 7.84. The van der Waals surface area contributed by atoms with Gasteiger partial charge in [0, 0.05) is 19.3 Å². The normalized spacial score (nSPS) is 15.8. The second-order valence-corrected chi connectivity index (χ2v) is 5.57. The Hall–Kier alpha value is -1.81. The van der Waals surface area contributed by atoms with Gasteiger partial charge in [-0.05, 0) is 37.8 Å². The Bertz CT molecular complexity index is 452. The fourth-order valence-corrected chi connectivity index (χ4v) is 2.84. The van der Waals surface area contributed by atoms with E-state index in [-0.39, 0.29) is 6.03 Å². The van der Waals surface area contributed by atoms with E-state index in [9.17, 15) is 4.79 Å². The quantitative estimate of drug-likeness (QED) is 0.845. The number of piperidine rings is 1. The van der Waals surface area contributed by atoms with E-state index in [4.69, 9.17) is 0 Å². The molecule has 114 valence electrons. The van der Waals surface area contributed by atoms with Gasteiger partial charge in [0.2, 0.25) is 0 Å². The highest BCUT2D eigenvalue weighted by Gasteiger charge is 2.25. The summed E-state index contributed by atoms with van der Waals surface area (Å²) in [4.78, 5) is 15.9. The van der Waals surface area contributed by atoms with Crippen molar-refractivity contribution in [2.24, 2.45) is 5.92 Å². The maximum Gasteiger partial charge on any atom is 0.325 e. The number of nitrogens with one attached hydrogen (secondary N) is 1. The van der Waals surface area contributed by atoms with Crippen molar-refractivity contribution in [2.75, 3.05) is 26.8 Å². The average Bonchev–Trinajstić information content (AvgIpc) is 2.54. The Kier molecular flexibility index (Phi) is 5.81. The summed E-state index contributed by atoms with van der Waals surface area (Å²) < 4.78 is 0. The lowest BCUT2D eigenvalue weighted by molar-refractivity contribution is 0.144. The molecule has 1 aliphatic heterocycles. The van der Waals surface area contributed by atoms with Gasteiger partial charge in [-0.3, -0.25) is 4.90 Å². The Morgan fingerprint density at radius 2 is 2.05 bits per heavy atom. The average molecular weight is 287 g/mol. The van der Waals surface area contributed by atoms with Crippen LogP contribution in [-0.2, 0) is 6.42 Å². The SMILES string of the molecule is C=CN(CNC)C(=O)N1CCC(Cc2ccccc2)CC1. The number of benzene rings is 1. The molecule has 1 aromatic rings. The maximum absolute atomic E-state index is 12.3. The first kappa shape index (κ1) is 15.6. The Balaban J connectivity index is 1.82. The van der Waals surface area contributed by atoms with Crippen LogP contribution in [0.25, 0.3) is 0 Å². The monoisotopic (exact) mass is 287 g/mol. The van der Waals surface area contributed by atoms with E-state index in [1.54, 1.807) is 11.1 Å². The van der Waals surface area contributed by atoms with E-state index in [2.05, 4.69) is 42.2 Å². The number of likely N-dealkylation sites (tertiary alicyclic amines) is 1. The summed E-state index contributed by atoms with van der Waals surface area (Å²) in [5.41, 5.74) is 1.39. The highest BCUT2D eigenvalue weighted by atomic mass is 16.2. The minimum atomic E-state index is 0.0533. The summed E-state index contributed by atoms with van der Waals surface area (Å²) >= 11 is 0. The van der Waals surface area contributed by atoms with Crippen LogP contribution in [0.1, 0.15) is 18.4 Å². The molecule has 0 radical (unpaired) electrons. The van der Waals surface area contributed by atoms with Crippen molar-refractivity contribution in [3.8, 4) is 0 Å². The molecule has 0 bridgehead atoms. The van der Waals surface area contributed by atoms with Crippen LogP contribution in [0, 0.1) is 5.92 Å². The Morgan fingerprint density at radius 3 is 2.62 bits per heavy atom. The third-order valence-corrected chi connectivity index (χ3v) is 4.05. The third kappa shape index (κ3) is 4.33. The molecule has 1 saturated heterocycles. The lowest BCUT2D eigenvalue weighted by Gasteiger charge is -2.34. The minimum Gasteiger partial charge on any atom is -0.324 e. The highest BCUT2D eigenvalue weighted by molar-refractivity contribution is 5.75. The molecule has 0 saturated carbocycles. The number of hydrogen-bond donors (Lipinski definition) is 1. The lowest BCUT2D eigenvalue weighted by Crippen LogP contribution is -2.47. The number of rotatable bonds is 5. The lowest BCUT2D eigenvalue weighted by atomic mass is 9.90. The summed E-state index contributed by atoms with van der Waals surface area (Å²) in [7, 11) is 1.83. The van der Waals surface area contributed by atoms with Gasteiger partial charge in [0.05, 0.1) is 6.67 Å². The molecular formula is C17H25N3O. The molecule has 1 heterocycles. The van der Waals surface area contributed by atoms with Gasteiger partial charge >= 0.3 is 6.03 Å². The maximum atomic E-state index is 12.3. The molecule has 1 aromatic carbocycles. The Morgan fingerprint density at radius 1 is 1.38 bits per heavy atom. The van der Waals surface area contributed by atoms with Crippen LogP contribution in [0.15, 0.2) is 43.1 Å². The van der Waals surface area contributed by atoms with Crippen LogP contribution in [-0.4, -0.2) is 42.6 Å². The zero-order valence-corrected chi connectivity index (χ0v) is 12.8. The number of carbonyl (C=O) groups is 1. The molecule has 2 rings (SSSR count). The van der Waals surface area contributed by atoms with Gasteiger partial charge in [-0.15, -0.1) is 0 Å². The van der Waals surface area contributed by atoms with E-state index in [1.165, 1.54) is 5.56 Å². The van der Waals surface area contributed by atoms with E-state index in [0.717, 1.165) is 32.4 Å². The predicted octanol–water partition coefficient (Wildman–Crippen LogP) is 2.68. The molecule has 21 heavy (non-hydrogen) atoms. The molecule has 4 heteroatoms. The molecule has 2 amide bonds. The summed E-state index contributed by atoms with van der Waals surface area (Å²) in [5.74, 6) is 0.679. The van der Waals surface area contributed by atoms with Gasteiger partial charge in [-0.25, -0.2) is 4.79 Å². The first-order valence-corrected chi connectivity index (χ1v) is 7.61. The highest BCUT2D eigenvalue weighted by Crippen LogP contribution is 2.22. The van der Waals surface area contributed by atoms with Crippen molar-refractivity contribution in [1.29, 1.82) is 0 Å². The van der Waals surface area contributed by atoms with Crippen LogP contribution in [0.2, 0.25) is 0 Å². The predicted molar refractivity (Wildman–Crippen MR) is 85.8 cm³/mol.